The fourth-order valence-electron chi connectivity index (χ4n) is 3.02. The minimum absolute atomic E-state index is 0.0185. The highest BCUT2D eigenvalue weighted by Crippen LogP contribution is 2.33. The zero-order valence-electron chi connectivity index (χ0n) is 15.9. The number of nitrogens with zero attached hydrogens (tertiary/aromatic N) is 3. The van der Waals surface area contributed by atoms with Gasteiger partial charge < -0.3 is 9.84 Å². The van der Waals surface area contributed by atoms with Gasteiger partial charge in [-0.25, -0.2) is 9.78 Å². The van der Waals surface area contributed by atoms with E-state index in [-0.39, 0.29) is 22.0 Å². The number of carboxylic acids is 1. The van der Waals surface area contributed by atoms with E-state index in [9.17, 15) is 13.2 Å². The van der Waals surface area contributed by atoms with Crippen LogP contribution in [0.5, 0.6) is 5.75 Å². The normalized spacial score (nSPS) is 11.5. The Kier molecular flexibility index (Phi) is 4.92. The first kappa shape index (κ1) is 19.9. The van der Waals surface area contributed by atoms with Crippen LogP contribution in [0.2, 0.25) is 0 Å². The second-order valence-corrected chi connectivity index (χ2v) is 8.82. The molecule has 2 heterocycles. The first-order chi connectivity index (χ1) is 14.3. The van der Waals surface area contributed by atoms with Crippen molar-refractivity contribution in [1.29, 1.82) is 0 Å². The molecule has 154 valence electrons. The molecule has 0 spiro atoms. The van der Waals surface area contributed by atoms with Crippen LogP contribution in [0.1, 0.15) is 10.4 Å². The summed E-state index contributed by atoms with van der Waals surface area (Å²) in [7, 11) is -0.878. The van der Waals surface area contributed by atoms with E-state index in [1.807, 2.05) is 25.2 Å². The molecule has 0 bridgehead atoms. The predicted molar refractivity (Wildman–Crippen MR) is 113 cm³/mol. The smallest absolute Gasteiger partial charge is 0.335 e. The van der Waals surface area contributed by atoms with E-state index < -0.39 is 16.0 Å². The molecule has 0 saturated carbocycles. The lowest BCUT2D eigenvalue weighted by atomic mass is 10.1. The van der Waals surface area contributed by atoms with E-state index in [1.165, 1.54) is 42.0 Å². The summed E-state index contributed by atoms with van der Waals surface area (Å²) < 4.78 is 35.0. The summed E-state index contributed by atoms with van der Waals surface area (Å²) in [5.74, 6) is -1.05. The Balaban J connectivity index is 1.69. The van der Waals surface area contributed by atoms with Gasteiger partial charge in [-0.2, -0.15) is 13.5 Å². The lowest BCUT2D eigenvalue weighted by molar-refractivity contribution is 0.0696. The number of aromatic nitrogens is 3. The van der Waals surface area contributed by atoms with Crippen LogP contribution in [0.4, 0.5) is 5.69 Å². The molecule has 0 amide bonds. The minimum Gasteiger partial charge on any atom is -0.495 e. The van der Waals surface area contributed by atoms with Gasteiger partial charge in [0, 0.05) is 23.4 Å². The summed E-state index contributed by atoms with van der Waals surface area (Å²) in [5, 5.41) is 16.1. The maximum absolute atomic E-state index is 12.9. The Labute approximate surface area is 175 Å². The standard InChI is InChI=1S/C19H16N4O5S2/c1-23-17-12(9-20-23)4-3-5-13(17)18-21-16(10-29-18)30(26,27)22-14-7-6-11(19(24)25)8-15(14)28-2/h3-10,22H,1-2H3,(H,24,25). The summed E-state index contributed by atoms with van der Waals surface area (Å²) in [6.45, 7) is 0. The van der Waals surface area contributed by atoms with Gasteiger partial charge in [0.05, 0.1) is 30.1 Å². The Morgan fingerprint density at radius 3 is 2.80 bits per heavy atom. The number of aromatic carboxylic acids is 1. The van der Waals surface area contributed by atoms with Crippen molar-refractivity contribution in [3.8, 4) is 16.3 Å². The molecular formula is C19H16N4O5S2. The largest absolute Gasteiger partial charge is 0.495 e. The molecule has 0 fully saturated rings. The highest BCUT2D eigenvalue weighted by atomic mass is 32.2. The Bertz CT molecular complexity index is 1370. The van der Waals surface area contributed by atoms with Crippen molar-refractivity contribution < 1.29 is 23.1 Å². The second kappa shape index (κ2) is 7.43. The number of aryl methyl sites for hydroxylation is 1. The van der Waals surface area contributed by atoms with Gasteiger partial charge in [0.25, 0.3) is 10.0 Å². The van der Waals surface area contributed by atoms with E-state index in [2.05, 4.69) is 14.8 Å². The lowest BCUT2D eigenvalue weighted by Crippen LogP contribution is -2.14. The number of carbonyl (C=O) groups is 1. The zero-order chi connectivity index (χ0) is 21.5. The molecule has 2 aromatic carbocycles. The number of methoxy groups -OCH3 is 1. The van der Waals surface area contributed by atoms with Crippen molar-refractivity contribution in [3.05, 3.63) is 53.5 Å². The van der Waals surface area contributed by atoms with Crippen molar-refractivity contribution in [1.82, 2.24) is 14.8 Å². The molecule has 0 unspecified atom stereocenters. The molecule has 0 aliphatic carbocycles. The van der Waals surface area contributed by atoms with Gasteiger partial charge >= 0.3 is 5.97 Å². The van der Waals surface area contributed by atoms with E-state index in [0.717, 1.165) is 16.5 Å². The predicted octanol–water partition coefficient (Wildman–Crippen LogP) is 3.20. The number of fused-ring (bicyclic) bond motifs is 1. The second-order valence-electron chi connectivity index (χ2n) is 6.33. The summed E-state index contributed by atoms with van der Waals surface area (Å²) in [5.41, 5.74) is 1.73. The van der Waals surface area contributed by atoms with E-state index in [1.54, 1.807) is 10.9 Å². The van der Waals surface area contributed by atoms with Gasteiger partial charge in [0.2, 0.25) is 0 Å². The molecule has 2 aromatic heterocycles. The molecule has 0 saturated heterocycles. The molecule has 11 heteroatoms. The number of sulfonamides is 1. The first-order valence-corrected chi connectivity index (χ1v) is 11.0. The number of nitrogens with one attached hydrogen (secondary N) is 1. The SMILES string of the molecule is COc1cc(C(=O)O)ccc1NS(=O)(=O)c1csc(-c2cccc3cnn(C)c23)n1. The molecule has 2 N–H and O–H groups in total. The van der Waals surface area contributed by atoms with Gasteiger partial charge in [-0.1, -0.05) is 12.1 Å². The summed E-state index contributed by atoms with van der Waals surface area (Å²) in [6, 6.07) is 9.52. The third kappa shape index (κ3) is 3.48. The Morgan fingerprint density at radius 2 is 2.07 bits per heavy atom. The van der Waals surface area contributed by atoms with Crippen molar-refractivity contribution in [2.24, 2.45) is 7.05 Å². The molecule has 30 heavy (non-hydrogen) atoms. The molecule has 4 aromatic rings. The van der Waals surface area contributed by atoms with Crippen LogP contribution in [0.25, 0.3) is 21.5 Å². The molecular weight excluding hydrogens is 428 g/mol. The van der Waals surface area contributed by atoms with E-state index in [4.69, 9.17) is 9.84 Å². The number of para-hydroxylation sites is 1. The number of hydrogen-bond acceptors (Lipinski definition) is 7. The van der Waals surface area contributed by atoms with Crippen LogP contribution >= 0.6 is 11.3 Å². The summed E-state index contributed by atoms with van der Waals surface area (Å²) in [4.78, 5) is 15.4. The fraction of sp³-hybridized carbons (Fsp3) is 0.105. The van der Waals surface area contributed by atoms with Crippen molar-refractivity contribution in [2.75, 3.05) is 11.8 Å². The summed E-state index contributed by atoms with van der Waals surface area (Å²) in [6.07, 6.45) is 1.73. The molecule has 0 atom stereocenters. The van der Waals surface area contributed by atoms with Crippen molar-refractivity contribution in [2.45, 2.75) is 5.03 Å². The van der Waals surface area contributed by atoms with Gasteiger partial charge in [-0.3, -0.25) is 9.40 Å². The van der Waals surface area contributed by atoms with Gasteiger partial charge in [0.1, 0.15) is 10.8 Å². The minimum atomic E-state index is -4.02. The first-order valence-electron chi connectivity index (χ1n) is 8.61. The number of rotatable bonds is 6. The number of carboxylic acid groups (broad SMARTS) is 1. The fourth-order valence-corrected chi connectivity index (χ4v) is 5.21. The number of anilines is 1. The third-order valence-corrected chi connectivity index (χ3v) is 6.72. The van der Waals surface area contributed by atoms with Crippen LogP contribution < -0.4 is 9.46 Å². The van der Waals surface area contributed by atoms with Crippen molar-refractivity contribution in [3.63, 3.8) is 0 Å². The van der Waals surface area contributed by atoms with Crippen LogP contribution in [-0.4, -0.2) is 41.4 Å². The third-order valence-electron chi connectivity index (χ3n) is 4.44. The number of ether oxygens (including phenoxy) is 1. The molecule has 0 aliphatic heterocycles. The van der Waals surface area contributed by atoms with Gasteiger partial charge in [0.15, 0.2) is 5.03 Å². The lowest BCUT2D eigenvalue weighted by Gasteiger charge is -2.11. The highest BCUT2D eigenvalue weighted by molar-refractivity contribution is 7.92. The Morgan fingerprint density at radius 1 is 1.27 bits per heavy atom. The van der Waals surface area contributed by atoms with E-state index >= 15 is 0 Å². The number of benzene rings is 2. The summed E-state index contributed by atoms with van der Waals surface area (Å²) >= 11 is 1.20. The highest BCUT2D eigenvalue weighted by Gasteiger charge is 2.22. The molecule has 4 rings (SSSR count). The monoisotopic (exact) mass is 444 g/mol. The quantitative estimate of drug-likeness (QED) is 0.468. The van der Waals surface area contributed by atoms with Crippen LogP contribution in [0.15, 0.2) is 53.0 Å². The topological polar surface area (TPSA) is 123 Å². The molecule has 0 aliphatic rings. The number of thiazole rings is 1. The zero-order valence-corrected chi connectivity index (χ0v) is 17.5. The molecule has 9 nitrogen and oxygen atoms in total. The van der Waals surface area contributed by atoms with Gasteiger partial charge in [-0.15, -0.1) is 11.3 Å². The average molecular weight is 444 g/mol. The average Bonchev–Trinajstić information content (AvgIpc) is 3.36. The van der Waals surface area contributed by atoms with Crippen molar-refractivity contribution >= 4 is 43.9 Å². The molecule has 0 radical (unpaired) electrons. The number of hydrogen-bond donors (Lipinski definition) is 2. The Hall–Kier alpha value is -3.44. The van der Waals surface area contributed by atoms with Gasteiger partial charge in [-0.05, 0) is 24.3 Å². The van der Waals surface area contributed by atoms with Crippen LogP contribution in [-0.2, 0) is 17.1 Å². The van der Waals surface area contributed by atoms with Crippen LogP contribution in [0.3, 0.4) is 0 Å². The van der Waals surface area contributed by atoms with Crippen LogP contribution in [0, 0.1) is 0 Å². The van der Waals surface area contributed by atoms with E-state index in [0.29, 0.717) is 5.01 Å². The maximum atomic E-state index is 12.9. The maximum Gasteiger partial charge on any atom is 0.335 e.